The molecule has 1 aliphatic heterocycles. The number of rotatable bonds is 0. The second-order valence-electron chi connectivity index (χ2n) is 5.89. The van der Waals surface area contributed by atoms with E-state index in [-0.39, 0.29) is 18.2 Å². The first-order chi connectivity index (χ1) is 10.2. The highest BCUT2D eigenvalue weighted by Gasteiger charge is 2.07. The zero-order valence-corrected chi connectivity index (χ0v) is 13.0. The lowest BCUT2D eigenvalue weighted by Gasteiger charge is -2.06. The van der Waals surface area contributed by atoms with Gasteiger partial charge in [-0.05, 0) is 32.1 Å². The normalized spacial score (nSPS) is 22.6. The molecule has 0 aromatic heterocycles. The molecule has 1 rings (SSSR count). The molecule has 0 bridgehead atoms. The minimum Gasteiger partial charge on any atom is -0.374 e. The summed E-state index contributed by atoms with van der Waals surface area (Å²) in [4.78, 5) is 34.8. The second-order valence-corrected chi connectivity index (χ2v) is 5.89. The average Bonchev–Trinajstić information content (AvgIpc) is 2.45. The summed E-state index contributed by atoms with van der Waals surface area (Å²) in [5.41, 5.74) is 0. The number of ether oxygens (including phenoxy) is 1. The largest absolute Gasteiger partial charge is 0.374 e. The molecule has 4 nitrogen and oxygen atoms in total. The predicted octanol–water partition coefficient (Wildman–Crippen LogP) is 3.41. The smallest absolute Gasteiger partial charge is 0.158 e. The van der Waals surface area contributed by atoms with Crippen LogP contribution in [0.15, 0.2) is 0 Å². The quantitative estimate of drug-likeness (QED) is 0.687. The van der Waals surface area contributed by atoms with Gasteiger partial charge >= 0.3 is 0 Å². The monoisotopic (exact) mass is 296 g/mol. The lowest BCUT2D eigenvalue weighted by atomic mass is 10.0. The van der Waals surface area contributed by atoms with Gasteiger partial charge in [0, 0.05) is 38.7 Å². The zero-order chi connectivity index (χ0) is 15.3. The highest BCUT2D eigenvalue weighted by atomic mass is 16.5. The van der Waals surface area contributed by atoms with Crippen LogP contribution in [0.4, 0.5) is 0 Å². The molecule has 1 saturated heterocycles. The van der Waals surface area contributed by atoms with E-state index in [2.05, 4.69) is 0 Å². The van der Waals surface area contributed by atoms with Crippen molar-refractivity contribution in [1.82, 2.24) is 0 Å². The summed E-state index contributed by atoms with van der Waals surface area (Å²) in [6, 6.07) is 0. The summed E-state index contributed by atoms with van der Waals surface area (Å²) >= 11 is 0. The van der Waals surface area contributed by atoms with Gasteiger partial charge in [0.2, 0.25) is 0 Å². The first-order valence-electron chi connectivity index (χ1n) is 8.31. The van der Waals surface area contributed by atoms with E-state index in [1.807, 2.05) is 0 Å². The van der Waals surface area contributed by atoms with Crippen LogP contribution in [-0.4, -0.2) is 30.6 Å². The van der Waals surface area contributed by atoms with E-state index in [4.69, 9.17) is 4.74 Å². The first kappa shape index (κ1) is 18.0. The molecule has 0 radical (unpaired) electrons. The van der Waals surface area contributed by atoms with Gasteiger partial charge in [-0.2, -0.15) is 0 Å². The van der Waals surface area contributed by atoms with Crippen molar-refractivity contribution in [3.8, 4) is 0 Å². The Kier molecular flexibility index (Phi) is 9.96. The molecule has 0 aliphatic carbocycles. The van der Waals surface area contributed by atoms with Gasteiger partial charge in [0.25, 0.3) is 0 Å². The minimum atomic E-state index is 0.119. The maximum Gasteiger partial charge on any atom is 0.158 e. The standard InChI is InChI=1S/C17H28O4/c18-15-8-3-1-4-10-16(19)12-7-13-21-14-17(20)11-6-2-5-9-15/h1-14H2. The van der Waals surface area contributed by atoms with Gasteiger partial charge in [-0.1, -0.05) is 12.8 Å². The molecule has 1 fully saturated rings. The summed E-state index contributed by atoms with van der Waals surface area (Å²) in [6.07, 6.45) is 9.04. The summed E-state index contributed by atoms with van der Waals surface area (Å²) in [7, 11) is 0. The minimum absolute atomic E-state index is 0.119. The van der Waals surface area contributed by atoms with Crippen molar-refractivity contribution in [2.24, 2.45) is 0 Å². The Morgan fingerprint density at radius 1 is 0.524 bits per heavy atom. The molecule has 0 amide bonds. The lowest BCUT2D eigenvalue weighted by Crippen LogP contribution is -2.10. The van der Waals surface area contributed by atoms with Gasteiger partial charge < -0.3 is 4.74 Å². The second kappa shape index (κ2) is 11.6. The van der Waals surface area contributed by atoms with E-state index in [9.17, 15) is 14.4 Å². The molecule has 0 atom stereocenters. The van der Waals surface area contributed by atoms with Crippen molar-refractivity contribution >= 4 is 17.3 Å². The maximum atomic E-state index is 11.7. The Hall–Kier alpha value is -1.03. The summed E-state index contributed by atoms with van der Waals surface area (Å²) in [5.74, 6) is 0.697. The van der Waals surface area contributed by atoms with Crippen LogP contribution in [0.3, 0.4) is 0 Å². The van der Waals surface area contributed by atoms with E-state index in [1.165, 1.54) is 0 Å². The van der Waals surface area contributed by atoms with E-state index in [1.54, 1.807) is 0 Å². The van der Waals surface area contributed by atoms with Crippen molar-refractivity contribution in [1.29, 1.82) is 0 Å². The third-order valence-electron chi connectivity index (χ3n) is 3.83. The molecular weight excluding hydrogens is 268 g/mol. The Morgan fingerprint density at radius 2 is 0.952 bits per heavy atom. The highest BCUT2D eigenvalue weighted by molar-refractivity contribution is 5.80. The van der Waals surface area contributed by atoms with Crippen LogP contribution in [-0.2, 0) is 19.1 Å². The molecule has 1 heterocycles. The van der Waals surface area contributed by atoms with Crippen LogP contribution in [0.2, 0.25) is 0 Å². The summed E-state index contributed by atoms with van der Waals surface area (Å²) < 4.78 is 5.30. The predicted molar refractivity (Wildman–Crippen MR) is 81.2 cm³/mol. The van der Waals surface area contributed by atoms with Gasteiger partial charge in [-0.25, -0.2) is 0 Å². The number of ketones is 3. The van der Waals surface area contributed by atoms with Crippen molar-refractivity contribution in [2.45, 2.75) is 77.0 Å². The van der Waals surface area contributed by atoms with Crippen LogP contribution in [0, 0.1) is 0 Å². The fourth-order valence-corrected chi connectivity index (χ4v) is 2.52. The van der Waals surface area contributed by atoms with Crippen molar-refractivity contribution in [3.63, 3.8) is 0 Å². The van der Waals surface area contributed by atoms with Crippen LogP contribution >= 0.6 is 0 Å². The van der Waals surface area contributed by atoms with Gasteiger partial charge in [-0.15, -0.1) is 0 Å². The third kappa shape index (κ3) is 10.4. The molecular formula is C17H28O4. The molecule has 0 spiro atoms. The van der Waals surface area contributed by atoms with E-state index in [0.717, 1.165) is 38.5 Å². The van der Waals surface area contributed by atoms with E-state index >= 15 is 0 Å². The zero-order valence-electron chi connectivity index (χ0n) is 13.0. The molecule has 0 N–H and O–H groups in total. The van der Waals surface area contributed by atoms with Gasteiger partial charge in [0.1, 0.15) is 18.2 Å². The maximum absolute atomic E-state index is 11.7. The van der Waals surface area contributed by atoms with Crippen molar-refractivity contribution in [2.75, 3.05) is 13.2 Å². The first-order valence-corrected chi connectivity index (χ1v) is 8.31. The topological polar surface area (TPSA) is 60.4 Å². The number of hydrogen-bond donors (Lipinski definition) is 0. The fourth-order valence-electron chi connectivity index (χ4n) is 2.52. The molecule has 1 aliphatic rings. The molecule has 0 aromatic carbocycles. The Bertz CT molecular complexity index is 259. The van der Waals surface area contributed by atoms with Crippen LogP contribution in [0.25, 0.3) is 0 Å². The molecule has 0 saturated carbocycles. The molecule has 0 unspecified atom stereocenters. The van der Waals surface area contributed by atoms with Crippen LogP contribution < -0.4 is 0 Å². The summed E-state index contributed by atoms with van der Waals surface area (Å²) in [5, 5.41) is 0. The molecule has 21 heavy (non-hydrogen) atoms. The van der Waals surface area contributed by atoms with Gasteiger partial charge in [-0.3, -0.25) is 14.4 Å². The Balaban J connectivity index is 2.29. The van der Waals surface area contributed by atoms with Gasteiger partial charge in [0.15, 0.2) is 5.78 Å². The summed E-state index contributed by atoms with van der Waals surface area (Å²) in [6.45, 7) is 0.652. The average molecular weight is 296 g/mol. The highest BCUT2D eigenvalue weighted by Crippen LogP contribution is 2.10. The van der Waals surface area contributed by atoms with Gasteiger partial charge in [0.05, 0.1) is 0 Å². The number of carbonyl (C=O) groups is 3. The fraction of sp³-hybridized carbons (Fsp3) is 0.824. The lowest BCUT2D eigenvalue weighted by molar-refractivity contribution is -0.123. The van der Waals surface area contributed by atoms with E-state index < -0.39 is 0 Å². The Morgan fingerprint density at radius 3 is 1.48 bits per heavy atom. The van der Waals surface area contributed by atoms with E-state index in [0.29, 0.717) is 50.9 Å². The molecule has 120 valence electrons. The molecule has 4 heteroatoms. The molecule has 0 aromatic rings. The number of carbonyl (C=O) groups excluding carboxylic acids is 3. The third-order valence-corrected chi connectivity index (χ3v) is 3.83. The van der Waals surface area contributed by atoms with Crippen LogP contribution in [0.5, 0.6) is 0 Å². The number of hydrogen-bond acceptors (Lipinski definition) is 4. The SMILES string of the molecule is O=C1CCCCCC(=O)CCCOCC(=O)CCCCC1. The number of Topliss-reactive ketones (excluding diaryl/α,β-unsaturated/α-hetero) is 3. The van der Waals surface area contributed by atoms with Crippen LogP contribution in [0.1, 0.15) is 77.0 Å². The van der Waals surface area contributed by atoms with Crippen molar-refractivity contribution in [3.05, 3.63) is 0 Å². The van der Waals surface area contributed by atoms with Crippen molar-refractivity contribution < 1.29 is 19.1 Å². The Labute approximate surface area is 127 Å².